The standard InChI is InChI=1S/C11H14N4O4/c16-9(4-1-5-10(17)18)14-15-11(19)13-8-3-2-6-12-7-8/h2-3,6-7H,1,4-5H2,(H,14,16)(H,17,18)(H2,13,15,19). The summed E-state index contributed by atoms with van der Waals surface area (Å²) < 4.78 is 0. The minimum Gasteiger partial charge on any atom is -0.481 e. The number of nitrogens with zero attached hydrogens (tertiary/aromatic N) is 1. The smallest absolute Gasteiger partial charge is 0.337 e. The number of carbonyl (C=O) groups excluding carboxylic acids is 2. The van der Waals surface area contributed by atoms with E-state index in [1.54, 1.807) is 18.3 Å². The van der Waals surface area contributed by atoms with Gasteiger partial charge in [-0.3, -0.25) is 20.0 Å². The summed E-state index contributed by atoms with van der Waals surface area (Å²) in [5.74, 6) is -1.42. The molecule has 8 nitrogen and oxygen atoms in total. The first-order valence-electron chi connectivity index (χ1n) is 5.55. The monoisotopic (exact) mass is 266 g/mol. The van der Waals surface area contributed by atoms with Gasteiger partial charge >= 0.3 is 12.0 Å². The molecule has 0 spiro atoms. The van der Waals surface area contributed by atoms with Crippen LogP contribution >= 0.6 is 0 Å². The molecule has 0 atom stereocenters. The van der Waals surface area contributed by atoms with Crippen LogP contribution in [0, 0.1) is 0 Å². The fourth-order valence-electron chi connectivity index (χ4n) is 1.19. The van der Waals surface area contributed by atoms with Gasteiger partial charge in [0.25, 0.3) is 0 Å². The Hall–Kier alpha value is -2.64. The van der Waals surface area contributed by atoms with Crippen LogP contribution in [0.15, 0.2) is 24.5 Å². The number of rotatable bonds is 5. The van der Waals surface area contributed by atoms with Gasteiger partial charge in [-0.05, 0) is 18.6 Å². The highest BCUT2D eigenvalue weighted by atomic mass is 16.4. The number of anilines is 1. The average Bonchev–Trinajstić information content (AvgIpc) is 2.37. The summed E-state index contributed by atoms with van der Waals surface area (Å²) >= 11 is 0. The summed E-state index contributed by atoms with van der Waals surface area (Å²) in [5.41, 5.74) is 4.79. The van der Waals surface area contributed by atoms with Gasteiger partial charge in [0.05, 0.1) is 11.9 Å². The molecule has 19 heavy (non-hydrogen) atoms. The average molecular weight is 266 g/mol. The zero-order valence-corrected chi connectivity index (χ0v) is 10.0. The number of hydrazine groups is 1. The Morgan fingerprint density at radius 2 is 2.00 bits per heavy atom. The molecule has 0 unspecified atom stereocenters. The molecular formula is C11H14N4O4. The highest BCUT2D eigenvalue weighted by Gasteiger charge is 2.05. The number of urea groups is 1. The molecule has 1 aromatic rings. The molecule has 0 saturated heterocycles. The number of carbonyl (C=O) groups is 3. The summed E-state index contributed by atoms with van der Waals surface area (Å²) in [6.45, 7) is 0. The lowest BCUT2D eigenvalue weighted by atomic mass is 10.2. The Bertz CT molecular complexity index is 449. The van der Waals surface area contributed by atoms with Crippen molar-refractivity contribution in [1.82, 2.24) is 15.8 Å². The van der Waals surface area contributed by atoms with Crippen LogP contribution in [0.4, 0.5) is 10.5 Å². The maximum Gasteiger partial charge on any atom is 0.337 e. The fourth-order valence-corrected chi connectivity index (χ4v) is 1.19. The van der Waals surface area contributed by atoms with Crippen molar-refractivity contribution in [2.45, 2.75) is 19.3 Å². The van der Waals surface area contributed by atoms with E-state index in [1.165, 1.54) is 6.20 Å². The third-order valence-corrected chi connectivity index (χ3v) is 2.03. The van der Waals surface area contributed by atoms with Crippen LogP contribution in [0.25, 0.3) is 0 Å². The molecule has 0 saturated carbocycles. The van der Waals surface area contributed by atoms with E-state index >= 15 is 0 Å². The predicted molar refractivity (Wildman–Crippen MR) is 66.0 cm³/mol. The second kappa shape index (κ2) is 7.64. The fraction of sp³-hybridized carbons (Fsp3) is 0.273. The molecule has 8 heteroatoms. The summed E-state index contributed by atoms with van der Waals surface area (Å²) in [6, 6.07) is 2.68. The third kappa shape index (κ3) is 6.61. The van der Waals surface area contributed by atoms with Gasteiger partial charge in [0, 0.05) is 19.0 Å². The Kier molecular flexibility index (Phi) is 5.80. The number of hydrogen-bond donors (Lipinski definition) is 4. The second-order valence-corrected chi connectivity index (χ2v) is 3.62. The van der Waals surface area contributed by atoms with Crippen molar-refractivity contribution in [3.8, 4) is 0 Å². The Morgan fingerprint density at radius 1 is 1.21 bits per heavy atom. The molecule has 0 radical (unpaired) electrons. The summed E-state index contributed by atoms with van der Waals surface area (Å²) in [6.07, 6.45) is 3.17. The zero-order valence-electron chi connectivity index (χ0n) is 10.0. The first-order valence-corrected chi connectivity index (χ1v) is 5.55. The first kappa shape index (κ1) is 14.4. The molecule has 0 aliphatic heterocycles. The highest BCUT2D eigenvalue weighted by molar-refractivity contribution is 5.90. The van der Waals surface area contributed by atoms with Gasteiger partial charge in [-0.1, -0.05) is 0 Å². The summed E-state index contributed by atoms with van der Waals surface area (Å²) in [7, 11) is 0. The van der Waals surface area contributed by atoms with E-state index in [4.69, 9.17) is 5.11 Å². The molecule has 0 aromatic carbocycles. The number of carboxylic acids is 1. The third-order valence-electron chi connectivity index (χ3n) is 2.03. The second-order valence-electron chi connectivity index (χ2n) is 3.62. The summed E-state index contributed by atoms with van der Waals surface area (Å²) in [5, 5.41) is 10.8. The van der Waals surface area contributed by atoms with Crippen molar-refractivity contribution < 1.29 is 19.5 Å². The molecule has 1 aromatic heterocycles. The Labute approximate surface area is 109 Å². The lowest BCUT2D eigenvalue weighted by Gasteiger charge is -2.08. The van der Waals surface area contributed by atoms with Crippen molar-refractivity contribution >= 4 is 23.6 Å². The Balaban J connectivity index is 2.19. The molecule has 1 rings (SSSR count). The van der Waals surface area contributed by atoms with Crippen LogP contribution in [-0.2, 0) is 9.59 Å². The van der Waals surface area contributed by atoms with Gasteiger partial charge in [0.15, 0.2) is 0 Å². The molecule has 0 bridgehead atoms. The predicted octanol–water partition coefficient (Wildman–Crippen LogP) is 0.489. The number of carboxylic acid groups (broad SMARTS) is 1. The largest absolute Gasteiger partial charge is 0.481 e. The van der Waals surface area contributed by atoms with E-state index in [-0.39, 0.29) is 19.3 Å². The van der Waals surface area contributed by atoms with Crippen molar-refractivity contribution in [1.29, 1.82) is 0 Å². The van der Waals surface area contributed by atoms with Crippen molar-refractivity contribution in [2.75, 3.05) is 5.32 Å². The number of aliphatic carboxylic acids is 1. The van der Waals surface area contributed by atoms with Gasteiger partial charge in [-0.25, -0.2) is 10.2 Å². The van der Waals surface area contributed by atoms with Crippen LogP contribution < -0.4 is 16.2 Å². The number of nitrogens with one attached hydrogen (secondary N) is 3. The van der Waals surface area contributed by atoms with E-state index in [1.807, 2.05) is 0 Å². The molecular weight excluding hydrogens is 252 g/mol. The Morgan fingerprint density at radius 3 is 2.63 bits per heavy atom. The van der Waals surface area contributed by atoms with E-state index < -0.39 is 17.9 Å². The lowest BCUT2D eigenvalue weighted by molar-refractivity contribution is -0.137. The number of pyridine rings is 1. The zero-order chi connectivity index (χ0) is 14.1. The van der Waals surface area contributed by atoms with E-state index in [0.717, 1.165) is 0 Å². The van der Waals surface area contributed by atoms with Gasteiger partial charge < -0.3 is 10.4 Å². The molecule has 102 valence electrons. The molecule has 4 N–H and O–H groups in total. The van der Waals surface area contributed by atoms with Crippen LogP contribution in [0.2, 0.25) is 0 Å². The normalized spacial score (nSPS) is 9.47. The summed E-state index contributed by atoms with van der Waals surface area (Å²) in [4.78, 5) is 36.6. The van der Waals surface area contributed by atoms with Crippen molar-refractivity contribution in [3.05, 3.63) is 24.5 Å². The number of hydrogen-bond acceptors (Lipinski definition) is 4. The van der Waals surface area contributed by atoms with Crippen LogP contribution in [0.3, 0.4) is 0 Å². The van der Waals surface area contributed by atoms with Crippen LogP contribution in [0.1, 0.15) is 19.3 Å². The van der Waals surface area contributed by atoms with Crippen molar-refractivity contribution in [2.24, 2.45) is 0 Å². The van der Waals surface area contributed by atoms with Gasteiger partial charge in [-0.15, -0.1) is 0 Å². The molecule has 0 aliphatic carbocycles. The van der Waals surface area contributed by atoms with Gasteiger partial charge in [0.1, 0.15) is 0 Å². The molecule has 1 heterocycles. The van der Waals surface area contributed by atoms with E-state index in [9.17, 15) is 14.4 Å². The topological polar surface area (TPSA) is 120 Å². The van der Waals surface area contributed by atoms with E-state index in [0.29, 0.717) is 5.69 Å². The van der Waals surface area contributed by atoms with Crippen LogP contribution in [0.5, 0.6) is 0 Å². The van der Waals surface area contributed by atoms with Gasteiger partial charge in [0.2, 0.25) is 5.91 Å². The maximum absolute atomic E-state index is 11.3. The number of aromatic nitrogens is 1. The highest BCUT2D eigenvalue weighted by Crippen LogP contribution is 2.01. The minimum absolute atomic E-state index is 0.0273. The number of amides is 3. The first-order chi connectivity index (χ1) is 9.08. The van der Waals surface area contributed by atoms with Crippen LogP contribution in [-0.4, -0.2) is 28.0 Å². The lowest BCUT2D eigenvalue weighted by Crippen LogP contribution is -2.43. The van der Waals surface area contributed by atoms with Crippen molar-refractivity contribution in [3.63, 3.8) is 0 Å². The molecule has 0 aliphatic rings. The van der Waals surface area contributed by atoms with Gasteiger partial charge in [-0.2, -0.15) is 0 Å². The maximum atomic E-state index is 11.3. The SMILES string of the molecule is O=C(O)CCCC(=O)NNC(=O)Nc1cccnc1. The van der Waals surface area contributed by atoms with E-state index in [2.05, 4.69) is 21.2 Å². The molecule has 0 fully saturated rings. The minimum atomic E-state index is -0.963. The molecule has 3 amide bonds. The quantitative estimate of drug-likeness (QED) is 0.578.